The monoisotopic (exact) mass is 872 g/mol. The molecule has 0 fully saturated rings. The van der Waals surface area contributed by atoms with E-state index in [0.717, 1.165) is 28.7 Å². The maximum absolute atomic E-state index is 15.0. The quantitative estimate of drug-likeness (QED) is 0.0534. The number of rotatable bonds is 8. The Kier molecular flexibility index (Phi) is 12.7. The van der Waals surface area contributed by atoms with E-state index in [1.807, 2.05) is 26.8 Å². The molecule has 0 spiro atoms. The lowest BCUT2D eigenvalue weighted by Crippen LogP contribution is -2.54. The van der Waals surface area contributed by atoms with Gasteiger partial charge in [-0.1, -0.05) is 102 Å². The summed E-state index contributed by atoms with van der Waals surface area (Å²) in [7, 11) is 1.54. The van der Waals surface area contributed by atoms with Gasteiger partial charge in [0.15, 0.2) is 17.8 Å². The molecule has 0 saturated carbocycles. The van der Waals surface area contributed by atoms with Gasteiger partial charge in [-0.25, -0.2) is 9.59 Å². The first kappa shape index (κ1) is 44.0. The number of fused-ring (bicyclic) bond motifs is 9. The summed E-state index contributed by atoms with van der Waals surface area (Å²) in [5.74, 6) is 5.55. The van der Waals surface area contributed by atoms with Crippen LogP contribution >= 0.6 is 0 Å². The van der Waals surface area contributed by atoms with Crippen LogP contribution in [0.4, 0.5) is 0 Å². The van der Waals surface area contributed by atoms with Gasteiger partial charge in [0.25, 0.3) is 0 Å². The number of aryl methyl sites for hydroxylation is 1. The summed E-state index contributed by atoms with van der Waals surface area (Å²) in [6, 6.07) is 31.0. The molecule has 0 radical (unpaired) electrons. The molecule has 5 aromatic rings. The van der Waals surface area contributed by atoms with Crippen molar-refractivity contribution in [1.29, 1.82) is 0 Å². The molecule has 7 unspecified atom stereocenters. The minimum absolute atomic E-state index is 0.0512. The zero-order valence-corrected chi connectivity index (χ0v) is 37.6. The third kappa shape index (κ3) is 9.07. The molecule has 1 N–H and O–H groups in total. The van der Waals surface area contributed by atoms with Crippen LogP contribution in [0.25, 0.3) is 11.0 Å². The molecule has 3 aliphatic heterocycles. The number of ether oxygens (including phenoxy) is 4. The van der Waals surface area contributed by atoms with E-state index in [9.17, 15) is 19.5 Å². The third-order valence-corrected chi connectivity index (χ3v) is 13.8. The number of carbonyl (C=O) groups is 2. The van der Waals surface area contributed by atoms with E-state index >= 15 is 0 Å². The SMILES string of the molecule is COCC(CCO)c1cc2ccc3c(c2oc1=O)C1OC(=O)CC2CC(c4cccc(Cc5ccccc5)c4)C=CC2c2ccc4cc2CC#CCC(C)(O3)C1OC(=O)C(=C(C)C)CC4. The third-order valence-electron chi connectivity index (χ3n) is 13.8. The van der Waals surface area contributed by atoms with Crippen LogP contribution in [-0.2, 0) is 43.1 Å². The molecule has 4 heterocycles. The van der Waals surface area contributed by atoms with E-state index < -0.39 is 41.3 Å². The van der Waals surface area contributed by atoms with Crippen LogP contribution in [0.3, 0.4) is 0 Å². The number of allylic oxidation sites excluding steroid dienone is 3. The second kappa shape index (κ2) is 18.7. The summed E-state index contributed by atoms with van der Waals surface area (Å²) >= 11 is 0. The molecule has 9 heteroatoms. The minimum Gasteiger partial charge on any atom is -0.482 e. The molecule has 334 valence electrons. The molecule has 5 bridgehead atoms. The van der Waals surface area contributed by atoms with Gasteiger partial charge in [0.05, 0.1) is 18.6 Å². The van der Waals surface area contributed by atoms with E-state index in [2.05, 4.69) is 90.7 Å². The first-order chi connectivity index (χ1) is 31.5. The van der Waals surface area contributed by atoms with E-state index in [1.54, 1.807) is 25.3 Å². The van der Waals surface area contributed by atoms with Crippen LogP contribution in [0.1, 0.15) is 121 Å². The van der Waals surface area contributed by atoms with Crippen LogP contribution in [-0.4, -0.2) is 49.1 Å². The van der Waals surface area contributed by atoms with Gasteiger partial charge in [0, 0.05) is 60.8 Å². The maximum Gasteiger partial charge on any atom is 0.339 e. The average Bonchev–Trinajstić information content (AvgIpc) is 3.28. The number of hydrogen-bond donors (Lipinski definition) is 1. The van der Waals surface area contributed by atoms with E-state index in [4.69, 9.17) is 23.4 Å². The number of aliphatic hydroxyl groups is 1. The fraction of sp³-hybridized carbons (Fsp3) is 0.375. The highest BCUT2D eigenvalue weighted by molar-refractivity contribution is 5.90. The van der Waals surface area contributed by atoms with E-state index in [1.165, 1.54) is 16.7 Å². The molecule has 0 saturated heterocycles. The Morgan fingerprint density at radius 3 is 2.54 bits per heavy atom. The van der Waals surface area contributed by atoms with Crippen LogP contribution in [0.2, 0.25) is 0 Å². The molecular formula is C56H56O9. The average molecular weight is 873 g/mol. The second-order valence-electron chi connectivity index (χ2n) is 18.5. The molecule has 9 nitrogen and oxygen atoms in total. The van der Waals surface area contributed by atoms with Crippen LogP contribution in [0.5, 0.6) is 5.75 Å². The molecule has 1 aliphatic carbocycles. The Bertz CT molecular complexity index is 2800. The zero-order valence-electron chi connectivity index (χ0n) is 37.6. The van der Waals surface area contributed by atoms with Gasteiger partial charge in [-0.05, 0) is 110 Å². The van der Waals surface area contributed by atoms with E-state index in [-0.39, 0.29) is 49.4 Å². The molecular weight excluding hydrogens is 817 g/mol. The molecule has 0 amide bonds. The molecule has 7 atom stereocenters. The summed E-state index contributed by atoms with van der Waals surface area (Å²) in [5.41, 5.74) is 7.26. The second-order valence-corrected chi connectivity index (χ2v) is 18.5. The van der Waals surface area contributed by atoms with Crippen molar-refractivity contribution in [2.24, 2.45) is 5.92 Å². The number of aliphatic hydroxyl groups excluding tert-OH is 1. The summed E-state index contributed by atoms with van der Waals surface area (Å²) in [5, 5.41) is 10.4. The molecule has 1 aromatic heterocycles. The Hall–Kier alpha value is -6.21. The first-order valence-corrected chi connectivity index (χ1v) is 22.9. The first-order valence-electron chi connectivity index (χ1n) is 22.9. The highest BCUT2D eigenvalue weighted by atomic mass is 16.6. The van der Waals surface area contributed by atoms with Crippen LogP contribution < -0.4 is 10.4 Å². The number of esters is 2. The lowest BCUT2D eigenvalue weighted by molar-refractivity contribution is -0.190. The highest BCUT2D eigenvalue weighted by Gasteiger charge is 2.53. The van der Waals surface area contributed by atoms with Crippen molar-refractivity contribution in [2.45, 2.75) is 108 Å². The van der Waals surface area contributed by atoms with Gasteiger partial charge in [0.2, 0.25) is 0 Å². The highest BCUT2D eigenvalue weighted by Crippen LogP contribution is 2.50. The molecule has 4 aliphatic rings. The predicted octanol–water partition coefficient (Wildman–Crippen LogP) is 9.91. The molecule has 65 heavy (non-hydrogen) atoms. The molecule has 9 rings (SSSR count). The van der Waals surface area contributed by atoms with Gasteiger partial charge < -0.3 is 28.5 Å². The Labute approximate surface area is 380 Å². The standard InChI is InChI=1S/C56H56O9/c1-34(2)44-20-16-36-17-21-45-40(28-36)14-8-9-25-56(3)53(64-54(44)59)52(50-48(65-56)23-19-41-31-47(55(60)63-51(41)50)42(24-26-57)33-61-4)62-49(58)32-43-30-39(18-22-46(43)45)38-15-10-13-37(29-38)27-35-11-6-5-7-12-35/h5-7,10-13,15,17-19,21-23,28-29,31,39,42-43,46,52-53,57H,14,16,20,24-27,30,32-33H2,1-4H3. The summed E-state index contributed by atoms with van der Waals surface area (Å²) in [6.07, 6.45) is 5.74. The lowest BCUT2D eigenvalue weighted by atomic mass is 9.71. The van der Waals surface area contributed by atoms with Crippen molar-refractivity contribution in [3.63, 3.8) is 0 Å². The minimum atomic E-state index is -1.28. The molecule has 4 aromatic carbocycles. The fourth-order valence-corrected chi connectivity index (χ4v) is 10.4. The summed E-state index contributed by atoms with van der Waals surface area (Å²) in [4.78, 5) is 43.4. The zero-order chi connectivity index (χ0) is 45.2. The maximum atomic E-state index is 15.0. The number of benzene rings is 4. The smallest absolute Gasteiger partial charge is 0.339 e. The normalized spacial score (nSPS) is 24.3. The van der Waals surface area contributed by atoms with Gasteiger partial charge in [-0.15, -0.1) is 0 Å². The predicted molar refractivity (Wildman–Crippen MR) is 249 cm³/mol. The Balaban J connectivity index is 1.19. The van der Waals surface area contributed by atoms with Crippen LogP contribution in [0, 0.1) is 17.8 Å². The largest absolute Gasteiger partial charge is 0.482 e. The Morgan fingerprint density at radius 2 is 1.74 bits per heavy atom. The summed E-state index contributed by atoms with van der Waals surface area (Å²) in [6.45, 7) is 5.70. The van der Waals surface area contributed by atoms with Crippen molar-refractivity contribution in [1.82, 2.24) is 0 Å². The van der Waals surface area contributed by atoms with Crippen molar-refractivity contribution in [3.05, 3.63) is 169 Å². The topological polar surface area (TPSA) is 122 Å². The number of carbonyl (C=O) groups excluding carboxylic acids is 2. The fourth-order valence-electron chi connectivity index (χ4n) is 10.4. The lowest BCUT2D eigenvalue weighted by Gasteiger charge is -2.45. The van der Waals surface area contributed by atoms with Crippen molar-refractivity contribution >= 4 is 22.9 Å². The number of methoxy groups -OCH3 is 1. The number of hydrogen-bond acceptors (Lipinski definition) is 9. The van der Waals surface area contributed by atoms with Gasteiger partial charge in [-0.2, -0.15) is 0 Å². The van der Waals surface area contributed by atoms with Gasteiger partial charge in [-0.3, -0.25) is 4.79 Å². The van der Waals surface area contributed by atoms with Crippen molar-refractivity contribution < 1.29 is 38.1 Å². The Morgan fingerprint density at radius 1 is 0.908 bits per heavy atom. The van der Waals surface area contributed by atoms with Gasteiger partial charge >= 0.3 is 17.6 Å². The van der Waals surface area contributed by atoms with E-state index in [0.29, 0.717) is 59.9 Å². The summed E-state index contributed by atoms with van der Waals surface area (Å²) < 4.78 is 31.8. The van der Waals surface area contributed by atoms with Crippen molar-refractivity contribution in [3.8, 4) is 17.6 Å². The van der Waals surface area contributed by atoms with Crippen molar-refractivity contribution in [2.75, 3.05) is 20.3 Å². The van der Waals surface area contributed by atoms with Crippen LogP contribution in [0.15, 0.2) is 124 Å². The van der Waals surface area contributed by atoms with Gasteiger partial charge in [0.1, 0.15) is 11.3 Å².